The van der Waals surface area contributed by atoms with Gasteiger partial charge in [-0.15, -0.1) is 0 Å². The Morgan fingerprint density at radius 2 is 1.82 bits per heavy atom. The van der Waals surface area contributed by atoms with Crippen LogP contribution in [-0.4, -0.2) is 57.7 Å². The maximum Gasteiger partial charge on any atom is 0.193 e. The van der Waals surface area contributed by atoms with Crippen molar-refractivity contribution >= 4 is 45.7 Å². The van der Waals surface area contributed by atoms with Gasteiger partial charge in [0.1, 0.15) is 12.0 Å². The molecule has 4 aliphatic rings. The zero-order valence-corrected chi connectivity index (χ0v) is 24.6. The average molecular weight is 596 g/mol. The Hall–Kier alpha value is -2.07. The Labute approximate surface area is 242 Å². The first-order chi connectivity index (χ1) is 18.6. The maximum absolute atomic E-state index is 16.9. The maximum atomic E-state index is 16.9. The molecule has 1 unspecified atom stereocenters. The van der Waals surface area contributed by atoms with Gasteiger partial charge < -0.3 is 5.11 Å². The molecule has 0 heterocycles. The second kappa shape index (κ2) is 11.3. The predicted octanol–water partition coefficient (Wildman–Crippen LogP) is 5.94. The lowest BCUT2D eigenvalue weighted by molar-refractivity contribution is -0.201. The number of aliphatic hydroxyl groups is 1. The average Bonchev–Trinajstić information content (AvgIpc) is 3.22. The molecule has 3 fully saturated rings. The summed E-state index contributed by atoms with van der Waals surface area (Å²) >= 11 is 6.60. The van der Waals surface area contributed by atoms with E-state index in [1.54, 1.807) is 38.2 Å². The molecule has 0 spiro atoms. The van der Waals surface area contributed by atoms with Gasteiger partial charge in [-0.1, -0.05) is 36.4 Å². The van der Waals surface area contributed by atoms with Crippen LogP contribution in [0.4, 0.5) is 14.5 Å². The second-order valence-electron chi connectivity index (χ2n) is 11.9. The number of aliphatic hydroxyl groups excluding tert-OH is 1. The van der Waals surface area contributed by atoms with E-state index in [1.807, 2.05) is 6.92 Å². The number of hydroxylamine groups is 1. The number of fused-ring (bicyclic) bond motifs is 5. The zero-order chi connectivity index (χ0) is 29.6. The SMILES string of the molecule is CC(=O)CSC(=O)[C@H]1CCC2[C@@H]3C[C@H](F)C4=CC(=O)C=C[C@]4(C)[C@@]3(F)[C@@H](O)C[C@@]21C.CN(O)c1ccc(Cl)cc1. The fourth-order valence-corrected chi connectivity index (χ4v) is 8.58. The third kappa shape index (κ3) is 5.19. The molecule has 2 N–H and O–H groups in total. The van der Waals surface area contributed by atoms with E-state index in [0.717, 1.165) is 22.5 Å². The number of nitrogens with zero attached hydrogens (tertiary/aromatic N) is 1. The summed E-state index contributed by atoms with van der Waals surface area (Å²) < 4.78 is 32.1. The van der Waals surface area contributed by atoms with Gasteiger partial charge in [-0.3, -0.25) is 24.7 Å². The van der Waals surface area contributed by atoms with Crippen molar-refractivity contribution in [2.45, 2.75) is 64.4 Å². The molecule has 8 atom stereocenters. The quantitative estimate of drug-likeness (QED) is 0.416. The predicted molar refractivity (Wildman–Crippen MR) is 152 cm³/mol. The molecule has 0 amide bonds. The van der Waals surface area contributed by atoms with Crippen molar-refractivity contribution in [3.05, 3.63) is 53.1 Å². The number of alkyl halides is 2. The molecular weight excluding hydrogens is 560 g/mol. The highest BCUT2D eigenvalue weighted by Crippen LogP contribution is 2.69. The van der Waals surface area contributed by atoms with Crippen LogP contribution in [0.3, 0.4) is 0 Å². The fourth-order valence-electron chi connectivity index (χ4n) is 7.52. The largest absolute Gasteiger partial charge is 0.390 e. The lowest BCUT2D eigenvalue weighted by Crippen LogP contribution is -2.68. The van der Waals surface area contributed by atoms with Crippen LogP contribution in [0.25, 0.3) is 0 Å². The molecule has 0 radical (unpaired) electrons. The van der Waals surface area contributed by atoms with E-state index in [9.17, 15) is 19.5 Å². The number of rotatable bonds is 4. The summed E-state index contributed by atoms with van der Waals surface area (Å²) in [4.78, 5) is 36.0. The Morgan fingerprint density at radius 3 is 2.42 bits per heavy atom. The van der Waals surface area contributed by atoms with Gasteiger partial charge in [-0.25, -0.2) is 8.78 Å². The van der Waals surface area contributed by atoms with Gasteiger partial charge >= 0.3 is 0 Å². The number of ketones is 2. The molecule has 1 aromatic rings. The molecule has 1 aromatic carbocycles. The number of halogens is 3. The molecule has 10 heteroatoms. The van der Waals surface area contributed by atoms with Crippen LogP contribution in [0.1, 0.15) is 46.5 Å². The van der Waals surface area contributed by atoms with Crippen molar-refractivity contribution in [2.24, 2.45) is 28.6 Å². The van der Waals surface area contributed by atoms with Crippen molar-refractivity contribution in [3.8, 4) is 0 Å². The highest BCUT2D eigenvalue weighted by Gasteiger charge is 2.72. The van der Waals surface area contributed by atoms with Crippen molar-refractivity contribution < 1.29 is 33.5 Å². The first-order valence-corrected chi connectivity index (χ1v) is 14.8. The number of thioether (sulfide) groups is 1. The van der Waals surface area contributed by atoms with Crippen LogP contribution < -0.4 is 5.06 Å². The summed E-state index contributed by atoms with van der Waals surface area (Å²) in [6, 6.07) is 6.93. The molecule has 0 saturated heterocycles. The molecular formula is C30H36ClF2NO5S. The van der Waals surface area contributed by atoms with E-state index >= 15 is 8.78 Å². The minimum absolute atomic E-state index is 0.0853. The van der Waals surface area contributed by atoms with Gasteiger partial charge in [0.25, 0.3) is 0 Å². The molecule has 4 aliphatic carbocycles. The van der Waals surface area contributed by atoms with Gasteiger partial charge in [-0.2, -0.15) is 0 Å². The van der Waals surface area contributed by atoms with Gasteiger partial charge in [0, 0.05) is 29.3 Å². The highest BCUT2D eigenvalue weighted by atomic mass is 35.5. The number of allylic oxidation sites excluding steroid dienone is 4. The van der Waals surface area contributed by atoms with E-state index in [0.29, 0.717) is 17.9 Å². The van der Waals surface area contributed by atoms with Gasteiger partial charge in [0.2, 0.25) is 0 Å². The van der Waals surface area contributed by atoms with Crippen LogP contribution in [0.15, 0.2) is 48.1 Å². The molecule has 218 valence electrons. The van der Waals surface area contributed by atoms with Crippen molar-refractivity contribution in [1.82, 2.24) is 0 Å². The highest BCUT2D eigenvalue weighted by molar-refractivity contribution is 8.14. The van der Waals surface area contributed by atoms with E-state index in [2.05, 4.69) is 0 Å². The topological polar surface area (TPSA) is 94.9 Å². The Bertz CT molecular complexity index is 1240. The Kier molecular flexibility index (Phi) is 8.73. The third-order valence-electron chi connectivity index (χ3n) is 9.53. The zero-order valence-electron chi connectivity index (χ0n) is 23.1. The van der Waals surface area contributed by atoms with E-state index in [1.165, 1.54) is 25.2 Å². The lowest BCUT2D eigenvalue weighted by Gasteiger charge is -2.62. The first-order valence-electron chi connectivity index (χ1n) is 13.5. The monoisotopic (exact) mass is 595 g/mol. The number of hydrogen-bond acceptors (Lipinski definition) is 7. The number of anilines is 1. The smallest absolute Gasteiger partial charge is 0.193 e. The first kappa shape index (κ1) is 30.9. The van der Waals surface area contributed by atoms with Gasteiger partial charge in [0.15, 0.2) is 16.6 Å². The Balaban J connectivity index is 0.000000312. The minimum Gasteiger partial charge on any atom is -0.390 e. The van der Waals surface area contributed by atoms with Crippen LogP contribution in [-0.2, 0) is 14.4 Å². The number of carbonyl (C=O) groups is 3. The standard InChI is InChI=1S/C23H28F2O4S.C7H8ClNO/c1-12(26)11-30-20(29)15-5-4-14-16-9-18(24)17-8-13(27)6-7-22(17,3)23(16,25)19(28)10-21(14,15)2;1-9(10)7-4-2-6(8)3-5-7/h6-8,14-16,18-19,28H,4-5,9-11H2,1-3H3;2-5,10H,1H3/t14?,15-,16+,18+,19+,21+,22+,23+;/m1./s1. The van der Waals surface area contributed by atoms with E-state index in [4.69, 9.17) is 16.8 Å². The number of benzene rings is 1. The second-order valence-corrected chi connectivity index (χ2v) is 13.3. The molecule has 5 rings (SSSR count). The van der Waals surface area contributed by atoms with Crippen molar-refractivity contribution in [1.29, 1.82) is 0 Å². The van der Waals surface area contributed by atoms with Crippen LogP contribution in [0.2, 0.25) is 5.02 Å². The van der Waals surface area contributed by atoms with Crippen molar-refractivity contribution in [2.75, 3.05) is 17.9 Å². The minimum atomic E-state index is -2.10. The number of carbonyl (C=O) groups excluding carboxylic acids is 3. The molecule has 3 saturated carbocycles. The molecule has 40 heavy (non-hydrogen) atoms. The van der Waals surface area contributed by atoms with Crippen LogP contribution in [0.5, 0.6) is 0 Å². The molecule has 0 aliphatic heterocycles. The molecule has 6 nitrogen and oxygen atoms in total. The molecule has 0 bridgehead atoms. The fraction of sp³-hybridized carbons (Fsp3) is 0.567. The number of hydrogen-bond donors (Lipinski definition) is 2. The molecule has 0 aromatic heterocycles. The summed E-state index contributed by atoms with van der Waals surface area (Å²) in [5, 5.41) is 21.6. The number of Topliss-reactive ketones (excluding diaryl/α,β-unsaturated/α-hetero) is 1. The third-order valence-corrected chi connectivity index (χ3v) is 10.9. The summed E-state index contributed by atoms with van der Waals surface area (Å²) in [6.45, 7) is 4.91. The lowest BCUT2D eigenvalue weighted by atomic mass is 9.45. The van der Waals surface area contributed by atoms with Gasteiger partial charge in [-0.05, 0) is 92.9 Å². The van der Waals surface area contributed by atoms with E-state index in [-0.39, 0.29) is 46.8 Å². The van der Waals surface area contributed by atoms with Crippen molar-refractivity contribution in [3.63, 3.8) is 0 Å². The summed E-state index contributed by atoms with van der Waals surface area (Å²) in [5.41, 5.74) is -3.31. The normalized spacial score (nSPS) is 37.8. The van der Waals surface area contributed by atoms with Gasteiger partial charge in [0.05, 0.1) is 17.5 Å². The van der Waals surface area contributed by atoms with Crippen LogP contribution in [0, 0.1) is 28.6 Å². The Morgan fingerprint density at radius 1 is 1.18 bits per heavy atom. The summed E-state index contributed by atoms with van der Waals surface area (Å²) in [6.07, 6.45) is 2.16. The van der Waals surface area contributed by atoms with Crippen LogP contribution >= 0.6 is 23.4 Å². The summed E-state index contributed by atoms with van der Waals surface area (Å²) in [5.74, 6) is -1.74. The van der Waals surface area contributed by atoms with E-state index < -0.39 is 40.6 Å². The summed E-state index contributed by atoms with van der Waals surface area (Å²) in [7, 11) is 1.56.